The number of carbonyl (C=O) groups is 1. The lowest BCUT2D eigenvalue weighted by Gasteiger charge is -2.34. The van der Waals surface area contributed by atoms with Crippen molar-refractivity contribution in [1.29, 1.82) is 0 Å². The Labute approximate surface area is 92.9 Å². The van der Waals surface area contributed by atoms with Gasteiger partial charge in [0.25, 0.3) is 0 Å². The predicted octanol–water partition coefficient (Wildman–Crippen LogP) is 3.88. The molecule has 0 aliphatic heterocycles. The third-order valence-electron chi connectivity index (χ3n) is 4.07. The van der Waals surface area contributed by atoms with E-state index in [0.29, 0.717) is 11.7 Å². The zero-order valence-corrected chi connectivity index (χ0v) is 10.2. The first-order chi connectivity index (χ1) is 7.00. The summed E-state index contributed by atoms with van der Waals surface area (Å²) < 4.78 is 0. The molecule has 0 aromatic carbocycles. The molecular weight excluding hydrogens is 184 g/mol. The van der Waals surface area contributed by atoms with E-state index in [1.54, 1.807) is 0 Å². The minimum atomic E-state index is 0.271. The number of ketones is 1. The molecule has 0 aromatic rings. The van der Waals surface area contributed by atoms with Crippen LogP contribution in [-0.2, 0) is 4.79 Å². The van der Waals surface area contributed by atoms with Gasteiger partial charge in [0, 0.05) is 12.3 Å². The molecule has 2 aliphatic rings. The second-order valence-corrected chi connectivity index (χ2v) is 5.91. The SMILES string of the molecule is CC1=C(CC(=O)C2CC2)C(C)(C)CCC1. The van der Waals surface area contributed by atoms with Crippen molar-refractivity contribution in [2.45, 2.75) is 59.3 Å². The molecule has 0 amide bonds. The average Bonchev–Trinajstić information content (AvgIpc) is 2.93. The summed E-state index contributed by atoms with van der Waals surface area (Å²) in [4.78, 5) is 11.9. The summed E-state index contributed by atoms with van der Waals surface area (Å²) in [5, 5.41) is 0. The van der Waals surface area contributed by atoms with Crippen LogP contribution in [0, 0.1) is 11.3 Å². The fourth-order valence-corrected chi connectivity index (χ4v) is 2.79. The van der Waals surface area contributed by atoms with Crippen molar-refractivity contribution in [3.8, 4) is 0 Å². The lowest BCUT2D eigenvalue weighted by atomic mass is 9.71. The van der Waals surface area contributed by atoms with Crippen LogP contribution in [0.15, 0.2) is 11.1 Å². The van der Waals surface area contributed by atoms with E-state index in [1.165, 1.54) is 30.4 Å². The molecule has 2 rings (SSSR count). The molecule has 15 heavy (non-hydrogen) atoms. The van der Waals surface area contributed by atoms with Gasteiger partial charge in [-0.05, 0) is 44.4 Å². The minimum absolute atomic E-state index is 0.271. The molecule has 0 heterocycles. The Kier molecular flexibility index (Phi) is 2.74. The average molecular weight is 206 g/mol. The van der Waals surface area contributed by atoms with Crippen molar-refractivity contribution in [3.05, 3.63) is 11.1 Å². The molecule has 84 valence electrons. The normalized spacial score (nSPS) is 25.5. The van der Waals surface area contributed by atoms with Gasteiger partial charge in [-0.3, -0.25) is 4.79 Å². The highest BCUT2D eigenvalue weighted by atomic mass is 16.1. The first kappa shape index (κ1) is 10.9. The second kappa shape index (κ2) is 3.77. The number of Topliss-reactive ketones (excluding diaryl/α,β-unsaturated/α-hetero) is 1. The molecule has 0 spiro atoms. The molecule has 1 nitrogen and oxygen atoms in total. The van der Waals surface area contributed by atoms with Crippen LogP contribution in [0.25, 0.3) is 0 Å². The van der Waals surface area contributed by atoms with E-state index >= 15 is 0 Å². The smallest absolute Gasteiger partial charge is 0.140 e. The maximum Gasteiger partial charge on any atom is 0.140 e. The molecule has 0 unspecified atom stereocenters. The van der Waals surface area contributed by atoms with Crippen LogP contribution in [0.2, 0.25) is 0 Å². The molecule has 0 bridgehead atoms. The third kappa shape index (κ3) is 2.32. The fraction of sp³-hybridized carbons (Fsp3) is 0.786. The van der Waals surface area contributed by atoms with E-state index in [9.17, 15) is 4.79 Å². The van der Waals surface area contributed by atoms with Gasteiger partial charge in [-0.1, -0.05) is 25.0 Å². The van der Waals surface area contributed by atoms with Crippen LogP contribution in [0.1, 0.15) is 59.3 Å². The van der Waals surface area contributed by atoms with E-state index in [1.807, 2.05) is 0 Å². The zero-order valence-electron chi connectivity index (χ0n) is 10.2. The number of allylic oxidation sites excluding steroid dienone is 2. The highest BCUT2D eigenvalue weighted by Gasteiger charge is 2.34. The van der Waals surface area contributed by atoms with E-state index in [0.717, 1.165) is 19.3 Å². The quantitative estimate of drug-likeness (QED) is 0.640. The summed E-state index contributed by atoms with van der Waals surface area (Å²) in [6.07, 6.45) is 6.77. The number of hydrogen-bond acceptors (Lipinski definition) is 1. The Hall–Kier alpha value is -0.590. The molecule has 0 atom stereocenters. The molecule has 0 aromatic heterocycles. The van der Waals surface area contributed by atoms with Crippen LogP contribution in [0.4, 0.5) is 0 Å². The van der Waals surface area contributed by atoms with Crippen molar-refractivity contribution < 1.29 is 4.79 Å². The van der Waals surface area contributed by atoms with Crippen LogP contribution < -0.4 is 0 Å². The summed E-state index contributed by atoms with van der Waals surface area (Å²) in [5.41, 5.74) is 3.21. The molecule has 0 N–H and O–H groups in total. The summed E-state index contributed by atoms with van der Waals surface area (Å²) in [5.74, 6) is 0.919. The molecule has 0 saturated heterocycles. The number of carbonyl (C=O) groups excluding carboxylic acids is 1. The Balaban J connectivity index is 2.12. The van der Waals surface area contributed by atoms with Crippen molar-refractivity contribution in [2.24, 2.45) is 11.3 Å². The van der Waals surface area contributed by atoms with Gasteiger partial charge in [-0.15, -0.1) is 0 Å². The lowest BCUT2D eigenvalue weighted by Crippen LogP contribution is -2.22. The fourth-order valence-electron chi connectivity index (χ4n) is 2.79. The van der Waals surface area contributed by atoms with Crippen LogP contribution in [0.5, 0.6) is 0 Å². The maximum absolute atomic E-state index is 11.9. The monoisotopic (exact) mass is 206 g/mol. The van der Waals surface area contributed by atoms with Crippen molar-refractivity contribution in [3.63, 3.8) is 0 Å². The molecule has 1 saturated carbocycles. The van der Waals surface area contributed by atoms with Crippen LogP contribution >= 0.6 is 0 Å². The minimum Gasteiger partial charge on any atom is -0.299 e. The van der Waals surface area contributed by atoms with Gasteiger partial charge in [0.2, 0.25) is 0 Å². The van der Waals surface area contributed by atoms with E-state index in [4.69, 9.17) is 0 Å². The summed E-state index contributed by atoms with van der Waals surface area (Å²) in [7, 11) is 0. The van der Waals surface area contributed by atoms with Crippen molar-refractivity contribution >= 4 is 5.78 Å². The first-order valence-electron chi connectivity index (χ1n) is 6.22. The first-order valence-corrected chi connectivity index (χ1v) is 6.22. The third-order valence-corrected chi connectivity index (χ3v) is 4.07. The number of rotatable bonds is 3. The largest absolute Gasteiger partial charge is 0.299 e. The van der Waals surface area contributed by atoms with Gasteiger partial charge in [-0.2, -0.15) is 0 Å². The summed E-state index contributed by atoms with van der Waals surface area (Å²) in [6.45, 7) is 6.81. The Morgan fingerprint density at radius 1 is 1.40 bits per heavy atom. The molecule has 1 fully saturated rings. The van der Waals surface area contributed by atoms with Crippen LogP contribution in [0.3, 0.4) is 0 Å². The highest BCUT2D eigenvalue weighted by molar-refractivity contribution is 5.85. The van der Waals surface area contributed by atoms with Gasteiger partial charge in [-0.25, -0.2) is 0 Å². The van der Waals surface area contributed by atoms with E-state index in [-0.39, 0.29) is 5.41 Å². The maximum atomic E-state index is 11.9. The van der Waals surface area contributed by atoms with Crippen LogP contribution in [-0.4, -0.2) is 5.78 Å². The van der Waals surface area contributed by atoms with Gasteiger partial charge in [0.05, 0.1) is 0 Å². The van der Waals surface area contributed by atoms with Gasteiger partial charge in [0.15, 0.2) is 0 Å². The molecular formula is C14H22O. The summed E-state index contributed by atoms with van der Waals surface area (Å²) >= 11 is 0. The summed E-state index contributed by atoms with van der Waals surface area (Å²) in [6, 6.07) is 0. The van der Waals surface area contributed by atoms with Crippen molar-refractivity contribution in [1.82, 2.24) is 0 Å². The standard InChI is InChI=1S/C14H22O/c1-10-5-4-8-14(2,3)12(10)9-13(15)11-6-7-11/h11H,4-9H2,1-3H3. The van der Waals surface area contributed by atoms with Gasteiger partial charge >= 0.3 is 0 Å². The zero-order chi connectivity index (χ0) is 11.1. The van der Waals surface area contributed by atoms with E-state index < -0.39 is 0 Å². The Bertz CT molecular complexity index is 305. The Morgan fingerprint density at radius 3 is 2.60 bits per heavy atom. The van der Waals surface area contributed by atoms with E-state index in [2.05, 4.69) is 20.8 Å². The Morgan fingerprint density at radius 2 is 2.07 bits per heavy atom. The number of hydrogen-bond donors (Lipinski definition) is 0. The molecule has 1 heteroatoms. The highest BCUT2D eigenvalue weighted by Crippen LogP contribution is 2.43. The predicted molar refractivity (Wildman–Crippen MR) is 62.7 cm³/mol. The van der Waals surface area contributed by atoms with Gasteiger partial charge < -0.3 is 0 Å². The lowest BCUT2D eigenvalue weighted by molar-refractivity contribution is -0.119. The van der Waals surface area contributed by atoms with Crippen molar-refractivity contribution in [2.75, 3.05) is 0 Å². The van der Waals surface area contributed by atoms with Gasteiger partial charge in [0.1, 0.15) is 5.78 Å². The molecule has 2 aliphatic carbocycles. The second-order valence-electron chi connectivity index (χ2n) is 5.91. The topological polar surface area (TPSA) is 17.1 Å². The molecule has 0 radical (unpaired) electrons.